The summed E-state index contributed by atoms with van der Waals surface area (Å²) in [4.78, 5) is 15.9. The van der Waals surface area contributed by atoms with Crippen LogP contribution in [-0.2, 0) is 4.74 Å². The second-order valence-electron chi connectivity index (χ2n) is 6.51. The lowest BCUT2D eigenvalue weighted by molar-refractivity contribution is 0.0292. The van der Waals surface area contributed by atoms with E-state index in [1.165, 1.54) is 0 Å². The van der Waals surface area contributed by atoms with Gasteiger partial charge in [-0.05, 0) is 46.2 Å². The van der Waals surface area contributed by atoms with Crippen molar-refractivity contribution in [3.8, 4) is 0 Å². The zero-order valence-corrected chi connectivity index (χ0v) is 13.5. The normalized spacial score (nSPS) is 18.7. The Labute approximate surface area is 126 Å². The van der Waals surface area contributed by atoms with Crippen molar-refractivity contribution in [2.24, 2.45) is 0 Å². The Balaban J connectivity index is 1.95. The van der Waals surface area contributed by atoms with Crippen molar-refractivity contribution in [3.05, 3.63) is 17.8 Å². The zero-order chi connectivity index (χ0) is 15.6. The Morgan fingerprint density at radius 2 is 2.10 bits per heavy atom. The molecule has 2 rings (SSSR count). The lowest BCUT2D eigenvalue weighted by atomic mass is 10.2. The summed E-state index contributed by atoms with van der Waals surface area (Å²) >= 11 is 0. The number of hydrogen-bond acceptors (Lipinski definition) is 5. The molecule has 0 N–H and O–H groups in total. The molecule has 1 aromatic heterocycles. The highest BCUT2D eigenvalue weighted by Crippen LogP contribution is 2.21. The van der Waals surface area contributed by atoms with Crippen LogP contribution in [-0.4, -0.2) is 53.0 Å². The molecule has 1 aromatic rings. The molecule has 2 heterocycles. The van der Waals surface area contributed by atoms with E-state index in [1.807, 2.05) is 46.9 Å². The van der Waals surface area contributed by atoms with E-state index in [0.29, 0.717) is 13.1 Å². The number of anilines is 1. The van der Waals surface area contributed by atoms with E-state index in [1.54, 1.807) is 4.90 Å². The van der Waals surface area contributed by atoms with Crippen molar-refractivity contribution >= 4 is 11.9 Å². The average Bonchev–Trinajstić information content (AvgIpc) is 2.86. The number of carbonyl (C=O) groups excluding carboxylic acids is 1. The van der Waals surface area contributed by atoms with Crippen LogP contribution >= 0.6 is 0 Å². The fourth-order valence-electron chi connectivity index (χ4n) is 2.32. The minimum absolute atomic E-state index is 0.242. The van der Waals surface area contributed by atoms with Gasteiger partial charge in [0.25, 0.3) is 0 Å². The van der Waals surface area contributed by atoms with Crippen molar-refractivity contribution in [1.82, 2.24) is 15.1 Å². The Morgan fingerprint density at radius 3 is 2.67 bits per heavy atom. The van der Waals surface area contributed by atoms with Gasteiger partial charge < -0.3 is 14.5 Å². The molecule has 0 saturated carbocycles. The molecule has 0 aliphatic carbocycles. The van der Waals surface area contributed by atoms with E-state index in [9.17, 15) is 4.79 Å². The van der Waals surface area contributed by atoms with Gasteiger partial charge in [0.2, 0.25) is 0 Å². The minimum atomic E-state index is -0.455. The second-order valence-corrected chi connectivity index (χ2v) is 6.51. The molecular weight excluding hydrogens is 268 g/mol. The Morgan fingerprint density at radius 1 is 1.38 bits per heavy atom. The molecule has 21 heavy (non-hydrogen) atoms. The number of likely N-dealkylation sites (tertiary alicyclic amines) is 1. The summed E-state index contributed by atoms with van der Waals surface area (Å²) < 4.78 is 5.41. The van der Waals surface area contributed by atoms with E-state index in [2.05, 4.69) is 15.1 Å². The first-order chi connectivity index (χ1) is 9.76. The van der Waals surface area contributed by atoms with E-state index in [-0.39, 0.29) is 12.1 Å². The quantitative estimate of drug-likeness (QED) is 0.836. The van der Waals surface area contributed by atoms with Gasteiger partial charge in [-0.25, -0.2) is 4.79 Å². The topological polar surface area (TPSA) is 58.6 Å². The SMILES string of the molecule is Cc1ccc(N(C)[C@H]2CCN(C(=O)OC(C)(C)C)C2)nn1. The predicted octanol–water partition coefficient (Wildman–Crippen LogP) is 2.23. The van der Waals surface area contributed by atoms with Crippen LogP contribution in [0.15, 0.2) is 12.1 Å². The first-order valence-electron chi connectivity index (χ1n) is 7.27. The predicted molar refractivity (Wildman–Crippen MR) is 81.4 cm³/mol. The van der Waals surface area contributed by atoms with Crippen molar-refractivity contribution < 1.29 is 9.53 Å². The van der Waals surface area contributed by atoms with Gasteiger partial charge in [-0.1, -0.05) is 0 Å². The molecule has 1 amide bonds. The summed E-state index contributed by atoms with van der Waals surface area (Å²) in [5.41, 5.74) is 0.442. The number of aromatic nitrogens is 2. The van der Waals surface area contributed by atoms with Crippen LogP contribution in [0, 0.1) is 6.92 Å². The van der Waals surface area contributed by atoms with E-state index >= 15 is 0 Å². The van der Waals surface area contributed by atoms with Crippen molar-refractivity contribution in [3.63, 3.8) is 0 Å². The number of rotatable bonds is 2. The second kappa shape index (κ2) is 5.87. The van der Waals surface area contributed by atoms with Gasteiger partial charge in [0.05, 0.1) is 5.69 Å². The van der Waals surface area contributed by atoms with Gasteiger partial charge in [0.1, 0.15) is 5.60 Å². The first kappa shape index (κ1) is 15.5. The van der Waals surface area contributed by atoms with Gasteiger partial charge in [0, 0.05) is 26.2 Å². The summed E-state index contributed by atoms with van der Waals surface area (Å²) in [6.07, 6.45) is 0.666. The van der Waals surface area contributed by atoms with Crippen molar-refractivity contribution in [1.29, 1.82) is 0 Å². The molecule has 6 nitrogen and oxygen atoms in total. The van der Waals surface area contributed by atoms with Crippen LogP contribution in [0.1, 0.15) is 32.9 Å². The van der Waals surface area contributed by atoms with E-state index in [4.69, 9.17) is 4.74 Å². The third-order valence-electron chi connectivity index (χ3n) is 3.51. The number of aryl methyl sites for hydroxylation is 1. The van der Waals surface area contributed by atoms with Crippen LogP contribution in [0.5, 0.6) is 0 Å². The molecular formula is C15H24N4O2. The molecule has 6 heteroatoms. The maximum Gasteiger partial charge on any atom is 0.410 e. The van der Waals surface area contributed by atoms with E-state index < -0.39 is 5.60 Å². The third-order valence-corrected chi connectivity index (χ3v) is 3.51. The Bertz CT molecular complexity index is 495. The minimum Gasteiger partial charge on any atom is -0.444 e. The van der Waals surface area contributed by atoms with Crippen LogP contribution in [0.4, 0.5) is 10.6 Å². The maximum absolute atomic E-state index is 12.1. The molecule has 0 radical (unpaired) electrons. The molecule has 1 fully saturated rings. The molecule has 1 atom stereocenters. The monoisotopic (exact) mass is 292 g/mol. The molecule has 116 valence electrons. The number of carbonyl (C=O) groups is 1. The van der Waals surface area contributed by atoms with Gasteiger partial charge in [-0.2, -0.15) is 5.10 Å². The summed E-state index contributed by atoms with van der Waals surface area (Å²) in [5, 5.41) is 8.27. The lowest BCUT2D eigenvalue weighted by Gasteiger charge is -2.27. The summed E-state index contributed by atoms with van der Waals surface area (Å²) in [6.45, 7) is 8.92. The number of nitrogens with zero attached hydrogens (tertiary/aromatic N) is 4. The highest BCUT2D eigenvalue weighted by Gasteiger charge is 2.32. The van der Waals surface area contributed by atoms with Crippen molar-refractivity contribution in [2.75, 3.05) is 25.0 Å². The fourth-order valence-corrected chi connectivity index (χ4v) is 2.32. The summed E-state index contributed by atoms with van der Waals surface area (Å²) in [6, 6.07) is 4.15. The molecule has 0 aromatic carbocycles. The van der Waals surface area contributed by atoms with Gasteiger partial charge in [-0.3, -0.25) is 0 Å². The summed E-state index contributed by atoms with van der Waals surface area (Å²) in [7, 11) is 1.99. The number of amides is 1. The maximum atomic E-state index is 12.1. The van der Waals surface area contributed by atoms with Crippen LogP contribution in [0.2, 0.25) is 0 Å². The molecule has 1 saturated heterocycles. The molecule has 1 aliphatic rings. The van der Waals surface area contributed by atoms with Crippen LogP contribution in [0.25, 0.3) is 0 Å². The number of likely N-dealkylation sites (N-methyl/N-ethyl adjacent to an activating group) is 1. The Hall–Kier alpha value is -1.85. The lowest BCUT2D eigenvalue weighted by Crippen LogP contribution is -2.39. The molecule has 0 unspecified atom stereocenters. The number of hydrogen-bond donors (Lipinski definition) is 0. The molecule has 1 aliphatic heterocycles. The van der Waals surface area contributed by atoms with Gasteiger partial charge >= 0.3 is 6.09 Å². The van der Waals surface area contributed by atoms with Crippen LogP contribution in [0.3, 0.4) is 0 Å². The Kier molecular flexibility index (Phi) is 4.34. The smallest absolute Gasteiger partial charge is 0.410 e. The fraction of sp³-hybridized carbons (Fsp3) is 0.667. The highest BCUT2D eigenvalue weighted by molar-refractivity contribution is 5.68. The highest BCUT2D eigenvalue weighted by atomic mass is 16.6. The zero-order valence-electron chi connectivity index (χ0n) is 13.5. The third kappa shape index (κ3) is 4.06. The van der Waals surface area contributed by atoms with Crippen molar-refractivity contribution in [2.45, 2.75) is 45.8 Å². The summed E-state index contributed by atoms with van der Waals surface area (Å²) in [5.74, 6) is 0.830. The van der Waals surface area contributed by atoms with Gasteiger partial charge in [-0.15, -0.1) is 5.10 Å². The van der Waals surface area contributed by atoms with E-state index in [0.717, 1.165) is 17.9 Å². The molecule has 0 spiro atoms. The average molecular weight is 292 g/mol. The standard InChI is InChI=1S/C15H24N4O2/c1-11-6-7-13(17-16-11)18(5)12-8-9-19(10-12)14(20)21-15(2,3)4/h6-7,12H,8-10H2,1-5H3/t12-/m0/s1. The van der Waals surface area contributed by atoms with Gasteiger partial charge in [0.15, 0.2) is 5.82 Å². The van der Waals surface area contributed by atoms with Crippen LogP contribution < -0.4 is 4.90 Å². The largest absolute Gasteiger partial charge is 0.444 e. The number of ether oxygens (including phenoxy) is 1. The molecule has 0 bridgehead atoms. The first-order valence-corrected chi connectivity index (χ1v) is 7.27.